The summed E-state index contributed by atoms with van der Waals surface area (Å²) in [5, 5.41) is 12.2. The highest BCUT2D eigenvalue weighted by atomic mass is 16.4. The minimum atomic E-state index is -0.716. The van der Waals surface area contributed by atoms with Gasteiger partial charge in [-0.05, 0) is 46.8 Å². The normalized spacial score (nSPS) is 33.3. The molecule has 0 aliphatic heterocycles. The van der Waals surface area contributed by atoms with Crippen LogP contribution in [0.2, 0.25) is 0 Å². The van der Waals surface area contributed by atoms with Gasteiger partial charge in [0.2, 0.25) is 0 Å². The number of carboxylic acids is 1. The minimum Gasteiger partial charge on any atom is -0.480 e. The van der Waals surface area contributed by atoms with Crippen molar-refractivity contribution in [3.05, 3.63) is 0 Å². The van der Waals surface area contributed by atoms with E-state index in [1.54, 1.807) is 7.05 Å². The fourth-order valence-electron chi connectivity index (χ4n) is 2.21. The first-order valence-corrected chi connectivity index (χ1v) is 5.10. The second-order valence-corrected chi connectivity index (χ2v) is 4.35. The van der Waals surface area contributed by atoms with Crippen molar-refractivity contribution in [2.45, 2.75) is 37.3 Å². The van der Waals surface area contributed by atoms with E-state index >= 15 is 0 Å². The average Bonchev–Trinajstić information content (AvgIpc) is 2.17. The lowest BCUT2D eigenvalue weighted by Gasteiger charge is -2.39. The lowest BCUT2D eigenvalue weighted by molar-refractivity contribution is -0.147. The van der Waals surface area contributed by atoms with E-state index in [0.717, 1.165) is 19.3 Å². The molecule has 1 aliphatic carbocycles. The second-order valence-electron chi connectivity index (χ2n) is 4.35. The summed E-state index contributed by atoms with van der Waals surface area (Å²) in [7, 11) is 5.77. The summed E-state index contributed by atoms with van der Waals surface area (Å²) in [5.74, 6) is -0.716. The first-order chi connectivity index (χ1) is 6.52. The zero-order valence-corrected chi connectivity index (χ0v) is 9.21. The van der Waals surface area contributed by atoms with Crippen LogP contribution in [0.25, 0.3) is 0 Å². The molecular weight excluding hydrogens is 180 g/mol. The molecule has 14 heavy (non-hydrogen) atoms. The van der Waals surface area contributed by atoms with Crippen molar-refractivity contribution in [2.24, 2.45) is 0 Å². The Morgan fingerprint density at radius 1 is 1.57 bits per heavy atom. The van der Waals surface area contributed by atoms with Crippen LogP contribution < -0.4 is 5.32 Å². The number of hydrogen-bond donors (Lipinski definition) is 2. The van der Waals surface area contributed by atoms with E-state index in [1.807, 2.05) is 14.1 Å². The Morgan fingerprint density at radius 3 is 2.64 bits per heavy atom. The molecule has 0 amide bonds. The third-order valence-corrected chi connectivity index (χ3v) is 3.34. The number of likely N-dealkylation sites (N-methyl/N-ethyl adjacent to an activating group) is 1. The number of hydrogen-bond acceptors (Lipinski definition) is 3. The summed E-state index contributed by atoms with van der Waals surface area (Å²) < 4.78 is 0. The van der Waals surface area contributed by atoms with E-state index in [2.05, 4.69) is 10.2 Å². The Kier molecular flexibility index (Phi) is 3.50. The van der Waals surface area contributed by atoms with Crippen LogP contribution in [-0.2, 0) is 4.79 Å². The predicted molar refractivity (Wildman–Crippen MR) is 55.4 cm³/mol. The van der Waals surface area contributed by atoms with Gasteiger partial charge in [0.15, 0.2) is 0 Å². The molecule has 82 valence electrons. The molecule has 1 saturated carbocycles. The summed E-state index contributed by atoms with van der Waals surface area (Å²) in [6, 6.07) is 0.382. The van der Waals surface area contributed by atoms with Crippen LogP contribution in [0.5, 0.6) is 0 Å². The number of nitrogens with zero attached hydrogens (tertiary/aromatic N) is 1. The quantitative estimate of drug-likeness (QED) is 0.698. The van der Waals surface area contributed by atoms with Crippen molar-refractivity contribution in [1.82, 2.24) is 10.2 Å². The highest BCUT2D eigenvalue weighted by Crippen LogP contribution is 2.30. The van der Waals surface area contributed by atoms with Gasteiger partial charge >= 0.3 is 5.97 Å². The van der Waals surface area contributed by atoms with Crippen LogP contribution in [0.1, 0.15) is 25.7 Å². The van der Waals surface area contributed by atoms with Crippen LogP contribution in [0.3, 0.4) is 0 Å². The molecular formula is C10H20N2O2. The fourth-order valence-corrected chi connectivity index (χ4v) is 2.21. The molecule has 0 aromatic carbocycles. The van der Waals surface area contributed by atoms with Gasteiger partial charge in [0, 0.05) is 6.04 Å². The molecule has 1 aliphatic rings. The van der Waals surface area contributed by atoms with Crippen molar-refractivity contribution >= 4 is 5.97 Å². The maximum absolute atomic E-state index is 11.2. The Morgan fingerprint density at radius 2 is 2.21 bits per heavy atom. The predicted octanol–water partition coefficient (Wildman–Crippen LogP) is 0.533. The molecule has 0 spiro atoms. The third-order valence-electron chi connectivity index (χ3n) is 3.34. The Balaban J connectivity index is 2.74. The van der Waals surface area contributed by atoms with Gasteiger partial charge in [-0.1, -0.05) is 0 Å². The van der Waals surface area contributed by atoms with Crippen LogP contribution >= 0.6 is 0 Å². The molecule has 0 bridgehead atoms. The number of nitrogens with one attached hydrogen (secondary N) is 1. The molecule has 0 radical (unpaired) electrons. The van der Waals surface area contributed by atoms with E-state index in [9.17, 15) is 9.90 Å². The summed E-state index contributed by atoms with van der Waals surface area (Å²) in [5.41, 5.74) is -0.701. The molecule has 0 heterocycles. The average molecular weight is 200 g/mol. The minimum absolute atomic E-state index is 0.382. The van der Waals surface area contributed by atoms with Gasteiger partial charge in [-0.3, -0.25) is 4.79 Å². The fraction of sp³-hybridized carbons (Fsp3) is 0.900. The van der Waals surface area contributed by atoms with Gasteiger partial charge in [-0.15, -0.1) is 0 Å². The lowest BCUT2D eigenvalue weighted by Crippen LogP contribution is -2.56. The maximum Gasteiger partial charge on any atom is 0.323 e. The highest BCUT2D eigenvalue weighted by Gasteiger charge is 2.42. The molecule has 0 aromatic rings. The van der Waals surface area contributed by atoms with Crippen molar-refractivity contribution < 1.29 is 9.90 Å². The van der Waals surface area contributed by atoms with Crippen LogP contribution in [0, 0.1) is 0 Å². The van der Waals surface area contributed by atoms with Gasteiger partial charge in [-0.2, -0.15) is 0 Å². The van der Waals surface area contributed by atoms with Gasteiger partial charge in [0.1, 0.15) is 5.54 Å². The molecule has 2 unspecified atom stereocenters. The zero-order chi connectivity index (χ0) is 10.8. The van der Waals surface area contributed by atoms with E-state index < -0.39 is 11.5 Å². The monoisotopic (exact) mass is 200 g/mol. The van der Waals surface area contributed by atoms with Gasteiger partial charge in [0.05, 0.1) is 0 Å². The first-order valence-electron chi connectivity index (χ1n) is 5.10. The zero-order valence-electron chi connectivity index (χ0n) is 9.21. The number of rotatable bonds is 3. The SMILES string of the molecule is CNC1(C(=O)O)CCCC(N(C)C)C1. The van der Waals surface area contributed by atoms with Crippen molar-refractivity contribution in [1.29, 1.82) is 0 Å². The van der Waals surface area contributed by atoms with Crippen LogP contribution in [-0.4, -0.2) is 48.7 Å². The molecule has 2 N–H and O–H groups in total. The van der Waals surface area contributed by atoms with Crippen molar-refractivity contribution in [3.63, 3.8) is 0 Å². The van der Waals surface area contributed by atoms with Gasteiger partial charge in [0.25, 0.3) is 0 Å². The molecule has 4 heteroatoms. The Bertz CT molecular complexity index is 218. The number of carboxylic acid groups (broad SMARTS) is 1. The molecule has 0 saturated heterocycles. The molecule has 2 atom stereocenters. The molecule has 0 aromatic heterocycles. The summed E-state index contributed by atoms with van der Waals surface area (Å²) >= 11 is 0. The smallest absolute Gasteiger partial charge is 0.323 e. The van der Waals surface area contributed by atoms with Gasteiger partial charge < -0.3 is 15.3 Å². The standard InChI is InChI=1S/C10H20N2O2/c1-11-10(9(13)14)6-4-5-8(7-10)12(2)3/h8,11H,4-7H2,1-3H3,(H,13,14). The number of aliphatic carboxylic acids is 1. The topological polar surface area (TPSA) is 52.6 Å². The van der Waals surface area contributed by atoms with Crippen LogP contribution in [0.4, 0.5) is 0 Å². The lowest BCUT2D eigenvalue weighted by atomic mass is 9.78. The first kappa shape index (κ1) is 11.5. The molecule has 1 rings (SSSR count). The van der Waals surface area contributed by atoms with E-state index in [-0.39, 0.29) is 0 Å². The number of carbonyl (C=O) groups is 1. The van der Waals surface area contributed by atoms with Gasteiger partial charge in [-0.25, -0.2) is 0 Å². The molecule has 4 nitrogen and oxygen atoms in total. The third kappa shape index (κ3) is 2.07. The second kappa shape index (κ2) is 4.28. The maximum atomic E-state index is 11.2. The van der Waals surface area contributed by atoms with Crippen molar-refractivity contribution in [3.8, 4) is 0 Å². The van der Waals surface area contributed by atoms with Crippen molar-refractivity contribution in [2.75, 3.05) is 21.1 Å². The largest absolute Gasteiger partial charge is 0.480 e. The van der Waals surface area contributed by atoms with Crippen LogP contribution in [0.15, 0.2) is 0 Å². The van der Waals surface area contributed by atoms with E-state index in [4.69, 9.17) is 0 Å². The summed E-state index contributed by atoms with van der Waals surface area (Å²) in [4.78, 5) is 13.3. The summed E-state index contributed by atoms with van der Waals surface area (Å²) in [6.45, 7) is 0. The van der Waals surface area contributed by atoms with E-state index in [0.29, 0.717) is 12.5 Å². The Labute approximate surface area is 85.3 Å². The highest BCUT2D eigenvalue weighted by molar-refractivity contribution is 5.79. The van der Waals surface area contributed by atoms with E-state index in [1.165, 1.54) is 0 Å². The Hall–Kier alpha value is -0.610. The summed E-state index contributed by atoms with van der Waals surface area (Å²) in [6.07, 6.45) is 3.52. The molecule has 1 fully saturated rings.